The van der Waals surface area contributed by atoms with Gasteiger partial charge < -0.3 is 9.64 Å². The first-order chi connectivity index (χ1) is 8.69. The number of likely N-dealkylation sites (tertiary alicyclic amines) is 1. The molecule has 18 heavy (non-hydrogen) atoms. The Kier molecular flexibility index (Phi) is 4.24. The van der Waals surface area contributed by atoms with E-state index in [0.29, 0.717) is 12.3 Å². The fourth-order valence-corrected chi connectivity index (χ4v) is 2.45. The molecule has 1 aliphatic heterocycles. The number of hydrogen-bond acceptors (Lipinski definition) is 2. The van der Waals surface area contributed by atoms with E-state index in [1.54, 1.807) is 7.11 Å². The van der Waals surface area contributed by atoms with E-state index in [9.17, 15) is 4.79 Å². The monoisotopic (exact) mass is 247 g/mol. The van der Waals surface area contributed by atoms with Gasteiger partial charge in [-0.25, -0.2) is 0 Å². The molecule has 0 saturated carbocycles. The molecule has 3 nitrogen and oxygen atoms in total. The summed E-state index contributed by atoms with van der Waals surface area (Å²) in [6.45, 7) is 4.04. The summed E-state index contributed by atoms with van der Waals surface area (Å²) in [6, 6.07) is 7.73. The van der Waals surface area contributed by atoms with Crippen LogP contribution in [0.25, 0.3) is 0 Å². The van der Waals surface area contributed by atoms with Crippen molar-refractivity contribution in [3.63, 3.8) is 0 Å². The molecule has 0 unspecified atom stereocenters. The minimum absolute atomic E-state index is 0.242. The molecule has 0 aromatic heterocycles. The highest BCUT2D eigenvalue weighted by Crippen LogP contribution is 2.17. The van der Waals surface area contributed by atoms with Gasteiger partial charge in [-0.1, -0.05) is 19.1 Å². The molecule has 2 rings (SSSR count). The number of hydrogen-bond donors (Lipinski definition) is 0. The smallest absolute Gasteiger partial charge is 0.226 e. The Hall–Kier alpha value is -1.51. The largest absolute Gasteiger partial charge is 0.497 e. The van der Waals surface area contributed by atoms with Gasteiger partial charge in [0.05, 0.1) is 13.5 Å². The minimum Gasteiger partial charge on any atom is -0.497 e. The number of carbonyl (C=O) groups is 1. The Balaban J connectivity index is 1.93. The van der Waals surface area contributed by atoms with Gasteiger partial charge in [-0.2, -0.15) is 0 Å². The first-order valence-electron chi connectivity index (χ1n) is 6.59. The summed E-state index contributed by atoms with van der Waals surface area (Å²) in [7, 11) is 1.65. The van der Waals surface area contributed by atoms with E-state index in [2.05, 4.69) is 6.92 Å². The summed E-state index contributed by atoms with van der Waals surface area (Å²) in [5.74, 6) is 1.71. The number of carbonyl (C=O) groups excluding carboxylic acids is 1. The van der Waals surface area contributed by atoms with Gasteiger partial charge >= 0.3 is 0 Å². The van der Waals surface area contributed by atoms with Gasteiger partial charge in [0.1, 0.15) is 5.75 Å². The topological polar surface area (TPSA) is 29.5 Å². The third-order valence-corrected chi connectivity index (χ3v) is 3.52. The molecule has 1 aliphatic rings. The molecule has 0 spiro atoms. The summed E-state index contributed by atoms with van der Waals surface area (Å²) in [5, 5.41) is 0. The van der Waals surface area contributed by atoms with Gasteiger partial charge in [-0.15, -0.1) is 0 Å². The van der Waals surface area contributed by atoms with E-state index in [-0.39, 0.29) is 5.91 Å². The zero-order chi connectivity index (χ0) is 13.0. The van der Waals surface area contributed by atoms with E-state index in [0.717, 1.165) is 30.8 Å². The van der Waals surface area contributed by atoms with Crippen LogP contribution in [-0.4, -0.2) is 31.0 Å². The van der Waals surface area contributed by atoms with Crippen LogP contribution in [0.3, 0.4) is 0 Å². The molecule has 1 atom stereocenters. The zero-order valence-corrected chi connectivity index (χ0v) is 11.2. The maximum absolute atomic E-state index is 12.2. The first kappa shape index (κ1) is 12.9. The lowest BCUT2D eigenvalue weighted by atomic mass is 9.99. The van der Waals surface area contributed by atoms with Crippen molar-refractivity contribution in [2.75, 3.05) is 20.2 Å². The second-order valence-electron chi connectivity index (χ2n) is 5.11. The Labute approximate surface area is 109 Å². The summed E-state index contributed by atoms with van der Waals surface area (Å²) in [5.41, 5.74) is 1.05. The van der Waals surface area contributed by atoms with Crippen molar-refractivity contribution in [2.45, 2.75) is 26.2 Å². The molecule has 98 valence electrons. The fraction of sp³-hybridized carbons (Fsp3) is 0.533. The lowest BCUT2D eigenvalue weighted by Crippen LogP contribution is -2.39. The van der Waals surface area contributed by atoms with E-state index in [1.807, 2.05) is 29.2 Å². The molecule has 1 saturated heterocycles. The zero-order valence-electron chi connectivity index (χ0n) is 11.2. The van der Waals surface area contributed by atoms with Gasteiger partial charge in [0.2, 0.25) is 5.91 Å². The van der Waals surface area contributed by atoms with Crippen LogP contribution >= 0.6 is 0 Å². The maximum atomic E-state index is 12.2. The summed E-state index contributed by atoms with van der Waals surface area (Å²) in [4.78, 5) is 14.2. The second kappa shape index (κ2) is 5.89. The van der Waals surface area contributed by atoms with Crippen LogP contribution in [0.1, 0.15) is 25.3 Å². The molecule has 0 N–H and O–H groups in total. The van der Waals surface area contributed by atoms with Crippen molar-refractivity contribution < 1.29 is 9.53 Å². The average Bonchev–Trinajstić information content (AvgIpc) is 2.39. The number of piperidine rings is 1. The molecule has 1 amide bonds. The molecule has 3 heteroatoms. The molecule has 1 heterocycles. The normalized spacial score (nSPS) is 19.7. The van der Waals surface area contributed by atoms with E-state index in [4.69, 9.17) is 4.74 Å². The number of methoxy groups -OCH3 is 1. The lowest BCUT2D eigenvalue weighted by Gasteiger charge is -2.31. The quantitative estimate of drug-likeness (QED) is 0.821. The molecule has 1 fully saturated rings. The van der Waals surface area contributed by atoms with Crippen LogP contribution in [0.15, 0.2) is 24.3 Å². The number of ether oxygens (including phenoxy) is 1. The van der Waals surface area contributed by atoms with Gasteiger partial charge in [0.15, 0.2) is 0 Å². The van der Waals surface area contributed by atoms with Crippen molar-refractivity contribution >= 4 is 5.91 Å². The summed E-state index contributed by atoms with van der Waals surface area (Å²) < 4.78 is 5.11. The van der Waals surface area contributed by atoms with Crippen LogP contribution in [0.2, 0.25) is 0 Å². The van der Waals surface area contributed by atoms with Gasteiger partial charge in [0, 0.05) is 13.1 Å². The van der Waals surface area contributed by atoms with E-state index >= 15 is 0 Å². The molecular weight excluding hydrogens is 226 g/mol. The SMILES string of the molecule is COc1ccc(CC(=O)N2CCC[C@H](C)C2)cc1. The Morgan fingerprint density at radius 1 is 1.39 bits per heavy atom. The number of amides is 1. The van der Waals surface area contributed by atoms with Crippen LogP contribution < -0.4 is 4.74 Å². The number of rotatable bonds is 3. The van der Waals surface area contributed by atoms with Crippen molar-refractivity contribution in [3.05, 3.63) is 29.8 Å². The predicted molar refractivity (Wildman–Crippen MR) is 71.7 cm³/mol. The van der Waals surface area contributed by atoms with Gasteiger partial charge in [-0.05, 0) is 36.5 Å². The summed E-state index contributed by atoms with van der Waals surface area (Å²) in [6.07, 6.45) is 2.87. The second-order valence-corrected chi connectivity index (χ2v) is 5.11. The molecule has 0 aliphatic carbocycles. The Morgan fingerprint density at radius 3 is 2.72 bits per heavy atom. The van der Waals surface area contributed by atoms with Gasteiger partial charge in [0.25, 0.3) is 0 Å². The molecular formula is C15H21NO2. The van der Waals surface area contributed by atoms with Crippen LogP contribution in [0, 0.1) is 5.92 Å². The highest BCUT2D eigenvalue weighted by molar-refractivity contribution is 5.78. The maximum Gasteiger partial charge on any atom is 0.226 e. The minimum atomic E-state index is 0.242. The molecule has 1 aromatic rings. The first-order valence-corrected chi connectivity index (χ1v) is 6.59. The van der Waals surface area contributed by atoms with Crippen LogP contribution in [-0.2, 0) is 11.2 Å². The van der Waals surface area contributed by atoms with E-state index < -0.39 is 0 Å². The van der Waals surface area contributed by atoms with Crippen molar-refractivity contribution in [2.24, 2.45) is 5.92 Å². The van der Waals surface area contributed by atoms with Gasteiger partial charge in [-0.3, -0.25) is 4.79 Å². The highest BCUT2D eigenvalue weighted by atomic mass is 16.5. The Bertz CT molecular complexity index is 399. The Morgan fingerprint density at radius 2 is 2.11 bits per heavy atom. The number of benzene rings is 1. The molecule has 0 radical (unpaired) electrons. The standard InChI is InChI=1S/C15H21NO2/c1-12-4-3-9-16(11-12)15(17)10-13-5-7-14(18-2)8-6-13/h5-8,12H,3-4,9-11H2,1-2H3/t12-/m0/s1. The summed E-state index contributed by atoms with van der Waals surface area (Å²) >= 11 is 0. The number of nitrogens with zero attached hydrogens (tertiary/aromatic N) is 1. The third-order valence-electron chi connectivity index (χ3n) is 3.52. The van der Waals surface area contributed by atoms with Crippen molar-refractivity contribution in [3.8, 4) is 5.75 Å². The predicted octanol–water partition coefficient (Wildman–Crippen LogP) is 2.50. The average molecular weight is 247 g/mol. The van der Waals surface area contributed by atoms with Crippen LogP contribution in [0.5, 0.6) is 5.75 Å². The van der Waals surface area contributed by atoms with Crippen LogP contribution in [0.4, 0.5) is 0 Å². The molecule has 0 bridgehead atoms. The third kappa shape index (κ3) is 3.25. The highest BCUT2D eigenvalue weighted by Gasteiger charge is 2.20. The van der Waals surface area contributed by atoms with Crippen molar-refractivity contribution in [1.82, 2.24) is 4.90 Å². The fourth-order valence-electron chi connectivity index (χ4n) is 2.45. The van der Waals surface area contributed by atoms with E-state index in [1.165, 1.54) is 6.42 Å². The molecule has 1 aromatic carbocycles. The lowest BCUT2D eigenvalue weighted by molar-refractivity contribution is -0.132. The van der Waals surface area contributed by atoms with Crippen molar-refractivity contribution in [1.29, 1.82) is 0 Å².